The maximum absolute atomic E-state index is 12.0. The van der Waals surface area contributed by atoms with E-state index in [9.17, 15) is 8.42 Å². The van der Waals surface area contributed by atoms with Crippen LogP contribution >= 0.6 is 0 Å². The number of rotatable bonds is 6. The third kappa shape index (κ3) is 4.51. The fourth-order valence-electron chi connectivity index (χ4n) is 1.66. The molecule has 17 heavy (non-hydrogen) atoms. The summed E-state index contributed by atoms with van der Waals surface area (Å²) < 4.78 is 35.7. The monoisotopic (exact) mass is 267 g/mol. The highest BCUT2D eigenvalue weighted by Gasteiger charge is 2.32. The van der Waals surface area contributed by atoms with Gasteiger partial charge in [-0.05, 0) is 13.8 Å². The highest BCUT2D eigenvalue weighted by molar-refractivity contribution is 7.89. The molecular formula is C10H21NO5S. The van der Waals surface area contributed by atoms with Crippen molar-refractivity contribution in [1.29, 1.82) is 0 Å². The number of aliphatic hydroxyl groups excluding tert-OH is 1. The Bertz CT molecular complexity index is 317. The van der Waals surface area contributed by atoms with Crippen LogP contribution in [0.2, 0.25) is 0 Å². The number of sulfonamides is 1. The van der Waals surface area contributed by atoms with Crippen molar-refractivity contribution in [2.75, 3.05) is 38.7 Å². The van der Waals surface area contributed by atoms with Crippen LogP contribution in [0.15, 0.2) is 0 Å². The van der Waals surface area contributed by atoms with E-state index in [1.165, 1.54) is 4.31 Å². The Morgan fingerprint density at radius 2 is 2.24 bits per heavy atom. The highest BCUT2D eigenvalue weighted by Crippen LogP contribution is 2.12. The molecule has 0 aromatic carbocycles. The summed E-state index contributed by atoms with van der Waals surface area (Å²) in [6.45, 7) is 4.60. The third-order valence-electron chi connectivity index (χ3n) is 2.53. The summed E-state index contributed by atoms with van der Waals surface area (Å²) in [7, 11) is -3.37. The van der Waals surface area contributed by atoms with E-state index in [2.05, 4.69) is 0 Å². The smallest absolute Gasteiger partial charge is 0.216 e. The van der Waals surface area contributed by atoms with Crippen molar-refractivity contribution in [3.8, 4) is 0 Å². The van der Waals surface area contributed by atoms with Crippen molar-refractivity contribution in [3.05, 3.63) is 0 Å². The Labute approximate surface area is 103 Å². The molecule has 1 rings (SSSR count). The molecule has 0 bridgehead atoms. The van der Waals surface area contributed by atoms with Crippen LogP contribution in [-0.4, -0.2) is 68.7 Å². The van der Waals surface area contributed by atoms with Crippen LogP contribution in [0.3, 0.4) is 0 Å². The molecule has 1 aliphatic heterocycles. The molecule has 0 radical (unpaired) electrons. The Hall–Kier alpha value is -0.210. The molecule has 7 heteroatoms. The molecule has 0 aliphatic carbocycles. The number of morpholine rings is 1. The molecule has 1 saturated heterocycles. The summed E-state index contributed by atoms with van der Waals surface area (Å²) in [6.07, 6.45) is 0.0172. The number of aliphatic hydroxyl groups is 1. The molecule has 1 heterocycles. The zero-order valence-corrected chi connectivity index (χ0v) is 11.1. The van der Waals surface area contributed by atoms with Gasteiger partial charge in [0, 0.05) is 6.54 Å². The summed E-state index contributed by atoms with van der Waals surface area (Å²) in [5, 5.41) is 9.12. The van der Waals surface area contributed by atoms with Gasteiger partial charge in [0.05, 0.1) is 44.3 Å². The molecule has 0 saturated carbocycles. The minimum absolute atomic E-state index is 0.0172. The predicted molar refractivity (Wildman–Crippen MR) is 63.3 cm³/mol. The normalized spacial score (nSPS) is 23.2. The molecule has 0 aromatic rings. The first-order valence-electron chi connectivity index (χ1n) is 5.77. The molecular weight excluding hydrogens is 246 g/mol. The maximum atomic E-state index is 12.0. The highest BCUT2D eigenvalue weighted by atomic mass is 32.2. The Balaban J connectivity index is 2.55. The molecule has 0 spiro atoms. The fourth-order valence-corrected chi connectivity index (χ4v) is 3.13. The lowest BCUT2D eigenvalue weighted by atomic mass is 10.3. The largest absolute Gasteiger partial charge is 0.395 e. The van der Waals surface area contributed by atoms with Crippen LogP contribution < -0.4 is 0 Å². The second-order valence-electron chi connectivity index (χ2n) is 4.26. The van der Waals surface area contributed by atoms with E-state index in [1.54, 1.807) is 0 Å². The molecule has 102 valence electrons. The van der Waals surface area contributed by atoms with Gasteiger partial charge in [-0.3, -0.25) is 0 Å². The number of hydrogen-bond donors (Lipinski definition) is 1. The zero-order valence-electron chi connectivity index (χ0n) is 10.3. The van der Waals surface area contributed by atoms with Crippen molar-refractivity contribution < 1.29 is 23.0 Å². The van der Waals surface area contributed by atoms with Crippen molar-refractivity contribution in [3.63, 3.8) is 0 Å². The van der Waals surface area contributed by atoms with Crippen LogP contribution in [0.25, 0.3) is 0 Å². The maximum Gasteiger partial charge on any atom is 0.216 e. The van der Waals surface area contributed by atoms with Crippen LogP contribution in [0.5, 0.6) is 0 Å². The number of hydrogen-bond acceptors (Lipinski definition) is 5. The van der Waals surface area contributed by atoms with Gasteiger partial charge in [0.2, 0.25) is 10.0 Å². The predicted octanol–water partition coefficient (Wildman–Crippen LogP) is -0.566. The summed E-state index contributed by atoms with van der Waals surface area (Å²) >= 11 is 0. The lowest BCUT2D eigenvalue weighted by molar-refractivity contribution is 0.0103. The van der Waals surface area contributed by atoms with Gasteiger partial charge in [-0.1, -0.05) is 0 Å². The summed E-state index contributed by atoms with van der Waals surface area (Å²) in [4.78, 5) is 0. The zero-order chi connectivity index (χ0) is 12.9. The van der Waals surface area contributed by atoms with Crippen molar-refractivity contribution in [2.45, 2.75) is 26.0 Å². The van der Waals surface area contributed by atoms with E-state index < -0.39 is 16.1 Å². The standard InChI is InChI=1S/C10H21NO5S/c1-9(2)16-5-6-17(13,14)11-3-4-15-8-10(11)7-12/h9-10,12H,3-8H2,1-2H3. The average molecular weight is 267 g/mol. The lowest BCUT2D eigenvalue weighted by Gasteiger charge is -2.33. The average Bonchev–Trinajstić information content (AvgIpc) is 2.28. The van der Waals surface area contributed by atoms with E-state index in [4.69, 9.17) is 14.6 Å². The first-order chi connectivity index (χ1) is 7.97. The minimum Gasteiger partial charge on any atom is -0.395 e. The molecule has 1 unspecified atom stereocenters. The van der Waals surface area contributed by atoms with Crippen LogP contribution in [0, 0.1) is 0 Å². The van der Waals surface area contributed by atoms with Gasteiger partial charge in [-0.2, -0.15) is 4.31 Å². The van der Waals surface area contributed by atoms with Gasteiger partial charge >= 0.3 is 0 Å². The number of ether oxygens (including phenoxy) is 2. The van der Waals surface area contributed by atoms with Gasteiger partial charge in [-0.15, -0.1) is 0 Å². The van der Waals surface area contributed by atoms with E-state index in [-0.39, 0.29) is 31.7 Å². The van der Waals surface area contributed by atoms with Gasteiger partial charge in [0.25, 0.3) is 0 Å². The molecule has 6 nitrogen and oxygen atoms in total. The van der Waals surface area contributed by atoms with Gasteiger partial charge in [-0.25, -0.2) is 8.42 Å². The summed E-state index contributed by atoms with van der Waals surface area (Å²) in [6, 6.07) is -0.465. The lowest BCUT2D eigenvalue weighted by Crippen LogP contribution is -2.51. The summed E-state index contributed by atoms with van der Waals surface area (Å²) in [5.41, 5.74) is 0. The van der Waals surface area contributed by atoms with E-state index >= 15 is 0 Å². The minimum atomic E-state index is -3.37. The fraction of sp³-hybridized carbons (Fsp3) is 1.00. The Morgan fingerprint density at radius 3 is 2.82 bits per heavy atom. The Morgan fingerprint density at radius 1 is 1.53 bits per heavy atom. The van der Waals surface area contributed by atoms with Crippen molar-refractivity contribution >= 4 is 10.0 Å². The van der Waals surface area contributed by atoms with E-state index in [1.807, 2.05) is 13.8 Å². The van der Waals surface area contributed by atoms with Crippen LogP contribution in [0.4, 0.5) is 0 Å². The van der Waals surface area contributed by atoms with E-state index in [0.29, 0.717) is 13.2 Å². The summed E-state index contributed by atoms with van der Waals surface area (Å²) in [5.74, 6) is -0.0539. The molecule has 0 aromatic heterocycles. The molecule has 0 amide bonds. The first kappa shape index (κ1) is 14.8. The quantitative estimate of drug-likeness (QED) is 0.698. The second-order valence-corrected chi connectivity index (χ2v) is 6.30. The molecule has 1 N–H and O–H groups in total. The SMILES string of the molecule is CC(C)OCCS(=O)(=O)N1CCOCC1CO. The second kappa shape index (κ2) is 6.65. The van der Waals surface area contributed by atoms with Gasteiger partial charge in [0.1, 0.15) is 0 Å². The molecule has 1 atom stereocenters. The van der Waals surface area contributed by atoms with E-state index in [0.717, 1.165) is 0 Å². The topological polar surface area (TPSA) is 76.1 Å². The molecule has 1 aliphatic rings. The van der Waals surface area contributed by atoms with Crippen molar-refractivity contribution in [1.82, 2.24) is 4.31 Å². The van der Waals surface area contributed by atoms with Gasteiger partial charge in [0.15, 0.2) is 0 Å². The van der Waals surface area contributed by atoms with Crippen LogP contribution in [-0.2, 0) is 19.5 Å². The third-order valence-corrected chi connectivity index (χ3v) is 4.41. The van der Waals surface area contributed by atoms with Crippen molar-refractivity contribution in [2.24, 2.45) is 0 Å². The Kier molecular flexibility index (Phi) is 5.81. The van der Waals surface area contributed by atoms with Gasteiger partial charge < -0.3 is 14.6 Å². The van der Waals surface area contributed by atoms with Crippen LogP contribution in [0.1, 0.15) is 13.8 Å². The molecule has 1 fully saturated rings. The number of nitrogens with zero attached hydrogens (tertiary/aromatic N) is 1. The first-order valence-corrected chi connectivity index (χ1v) is 7.38.